The number of ether oxygens (including phenoxy) is 1. The molecule has 1 atom stereocenters. The molecule has 2 aromatic heterocycles. The van der Waals surface area contributed by atoms with Crippen LogP contribution in [0.5, 0.6) is 0 Å². The van der Waals surface area contributed by atoms with E-state index in [1.54, 1.807) is 29.1 Å². The lowest BCUT2D eigenvalue weighted by atomic mass is 10.2. The predicted molar refractivity (Wildman–Crippen MR) is 89.4 cm³/mol. The number of imidazole rings is 1. The molecule has 0 amide bonds. The number of nitrogens with zero attached hydrogens (tertiary/aromatic N) is 4. The highest BCUT2D eigenvalue weighted by molar-refractivity contribution is 6.21. The molecular formula is C16H13ClFN5O2. The highest BCUT2D eigenvalue weighted by Crippen LogP contribution is 2.28. The van der Waals surface area contributed by atoms with Crippen LogP contribution in [-0.2, 0) is 9.53 Å². The fourth-order valence-electron chi connectivity index (χ4n) is 2.22. The van der Waals surface area contributed by atoms with Crippen LogP contribution in [0.1, 0.15) is 10.9 Å². The number of aromatic nitrogens is 4. The minimum atomic E-state index is -0.635. The first-order valence-corrected chi connectivity index (χ1v) is 7.67. The molecule has 2 heterocycles. The van der Waals surface area contributed by atoms with E-state index in [-0.39, 0.29) is 6.61 Å². The molecule has 0 spiro atoms. The Morgan fingerprint density at radius 1 is 1.40 bits per heavy atom. The molecule has 0 saturated carbocycles. The Morgan fingerprint density at radius 3 is 3.00 bits per heavy atom. The second-order valence-electron chi connectivity index (χ2n) is 4.98. The van der Waals surface area contributed by atoms with Gasteiger partial charge in [-0.15, -0.1) is 11.6 Å². The molecule has 0 aliphatic carbocycles. The number of carbonyl (C=O) groups excluding carboxylic acids is 1. The van der Waals surface area contributed by atoms with Crippen molar-refractivity contribution >= 4 is 29.6 Å². The van der Waals surface area contributed by atoms with E-state index in [9.17, 15) is 9.18 Å². The third-order valence-corrected chi connectivity index (χ3v) is 3.74. The zero-order chi connectivity index (χ0) is 17.6. The third kappa shape index (κ3) is 3.92. The highest BCUT2D eigenvalue weighted by Gasteiger charge is 2.15. The number of hydrogen-bond acceptors (Lipinski definition) is 6. The number of rotatable bonds is 7. The molecular weight excluding hydrogens is 349 g/mol. The quantitative estimate of drug-likeness (QED) is 0.514. The Morgan fingerprint density at radius 2 is 2.28 bits per heavy atom. The predicted octanol–water partition coefficient (Wildman–Crippen LogP) is 3.00. The Bertz CT molecular complexity index is 859. The normalized spacial score (nSPS) is 11.8. The number of nitrogens with one attached hydrogen (secondary N) is 1. The van der Waals surface area contributed by atoms with Crippen molar-refractivity contribution in [3.63, 3.8) is 0 Å². The number of anilines is 2. The van der Waals surface area contributed by atoms with Gasteiger partial charge in [0.2, 0.25) is 0 Å². The van der Waals surface area contributed by atoms with E-state index in [0.717, 1.165) is 0 Å². The van der Waals surface area contributed by atoms with E-state index in [1.807, 2.05) is 0 Å². The van der Waals surface area contributed by atoms with Gasteiger partial charge in [0.25, 0.3) is 6.47 Å². The molecule has 0 aliphatic heterocycles. The second kappa shape index (κ2) is 7.71. The largest absolute Gasteiger partial charge is 0.466 e. The first-order valence-electron chi connectivity index (χ1n) is 7.23. The first kappa shape index (κ1) is 16.8. The molecule has 1 unspecified atom stereocenters. The van der Waals surface area contributed by atoms with Crippen LogP contribution >= 0.6 is 11.6 Å². The Labute approximate surface area is 147 Å². The van der Waals surface area contributed by atoms with Gasteiger partial charge in [0, 0.05) is 29.8 Å². The number of benzene rings is 1. The number of halogens is 2. The van der Waals surface area contributed by atoms with Crippen molar-refractivity contribution in [2.45, 2.75) is 5.38 Å². The van der Waals surface area contributed by atoms with Crippen LogP contribution in [0.3, 0.4) is 0 Å². The Kier molecular flexibility index (Phi) is 5.20. The molecule has 7 nitrogen and oxygen atoms in total. The van der Waals surface area contributed by atoms with Crippen molar-refractivity contribution in [1.82, 2.24) is 19.5 Å². The van der Waals surface area contributed by atoms with Crippen molar-refractivity contribution < 1.29 is 13.9 Å². The maximum Gasteiger partial charge on any atom is 0.293 e. The maximum absolute atomic E-state index is 14.3. The molecule has 9 heteroatoms. The molecule has 128 valence electrons. The summed E-state index contributed by atoms with van der Waals surface area (Å²) in [5.74, 6) is -0.0235. The summed E-state index contributed by atoms with van der Waals surface area (Å²) in [5, 5.41) is 2.36. The first-order chi connectivity index (χ1) is 12.2. The lowest BCUT2D eigenvalue weighted by Crippen LogP contribution is -2.07. The van der Waals surface area contributed by atoms with Gasteiger partial charge in [-0.2, -0.15) is 0 Å². The van der Waals surface area contributed by atoms with Gasteiger partial charge in [-0.3, -0.25) is 4.79 Å². The molecule has 3 rings (SSSR count). The number of hydrogen-bond donors (Lipinski definition) is 1. The molecule has 1 N–H and O–H groups in total. The molecule has 1 aromatic carbocycles. The fourth-order valence-corrected chi connectivity index (χ4v) is 2.45. The van der Waals surface area contributed by atoms with Gasteiger partial charge in [0.05, 0.1) is 17.4 Å². The third-order valence-electron chi connectivity index (χ3n) is 3.38. The van der Waals surface area contributed by atoms with Crippen LogP contribution in [0.2, 0.25) is 0 Å². The van der Waals surface area contributed by atoms with Crippen molar-refractivity contribution in [3.05, 3.63) is 60.8 Å². The average molecular weight is 362 g/mol. The van der Waals surface area contributed by atoms with Crippen LogP contribution in [-0.4, -0.2) is 32.6 Å². The van der Waals surface area contributed by atoms with Crippen molar-refractivity contribution in [2.24, 2.45) is 0 Å². The molecule has 0 saturated heterocycles. The number of alkyl halides is 1. The van der Waals surface area contributed by atoms with Crippen LogP contribution < -0.4 is 5.32 Å². The minimum Gasteiger partial charge on any atom is -0.466 e. The lowest BCUT2D eigenvalue weighted by Gasteiger charge is -2.14. The summed E-state index contributed by atoms with van der Waals surface area (Å²) in [5.41, 5.74) is 1.40. The topological polar surface area (TPSA) is 81.9 Å². The Balaban J connectivity index is 1.83. The van der Waals surface area contributed by atoms with Gasteiger partial charge < -0.3 is 14.6 Å². The molecule has 0 bridgehead atoms. The average Bonchev–Trinajstić information content (AvgIpc) is 3.14. The Hall–Kier alpha value is -3.00. The summed E-state index contributed by atoms with van der Waals surface area (Å²) in [6.45, 7) is 0.289. The zero-order valence-electron chi connectivity index (χ0n) is 12.8. The summed E-state index contributed by atoms with van der Waals surface area (Å²) in [7, 11) is 0. The second-order valence-corrected chi connectivity index (χ2v) is 5.51. The van der Waals surface area contributed by atoms with Crippen LogP contribution in [0.15, 0.2) is 49.4 Å². The lowest BCUT2D eigenvalue weighted by molar-refractivity contribution is -0.128. The van der Waals surface area contributed by atoms with Gasteiger partial charge in [-0.25, -0.2) is 19.3 Å². The van der Waals surface area contributed by atoms with Gasteiger partial charge in [-0.1, -0.05) is 0 Å². The summed E-state index contributed by atoms with van der Waals surface area (Å²) in [6.07, 6.45) is 7.59. The van der Waals surface area contributed by atoms with E-state index < -0.39 is 11.2 Å². The molecule has 25 heavy (non-hydrogen) atoms. The van der Waals surface area contributed by atoms with Gasteiger partial charge >= 0.3 is 0 Å². The van der Waals surface area contributed by atoms with Gasteiger partial charge in [0.15, 0.2) is 0 Å². The molecule has 0 aliphatic rings. The summed E-state index contributed by atoms with van der Waals surface area (Å²) in [6, 6.07) is 4.66. The van der Waals surface area contributed by atoms with E-state index in [1.165, 1.54) is 24.9 Å². The maximum atomic E-state index is 14.3. The van der Waals surface area contributed by atoms with Crippen molar-refractivity contribution in [2.75, 3.05) is 11.9 Å². The SMILES string of the molecule is O=COCC(Cl)c1cncnc1Nc1ccc(-n2ccnc2)c(F)c1. The van der Waals surface area contributed by atoms with Crippen LogP contribution in [0, 0.1) is 5.82 Å². The highest BCUT2D eigenvalue weighted by atomic mass is 35.5. The molecule has 0 radical (unpaired) electrons. The summed E-state index contributed by atoms with van der Waals surface area (Å²) < 4.78 is 20.6. The summed E-state index contributed by atoms with van der Waals surface area (Å²) >= 11 is 6.19. The van der Waals surface area contributed by atoms with Gasteiger partial charge in [-0.05, 0) is 18.2 Å². The smallest absolute Gasteiger partial charge is 0.293 e. The number of carbonyl (C=O) groups is 1. The molecule has 3 aromatic rings. The van der Waals surface area contributed by atoms with Crippen molar-refractivity contribution in [3.8, 4) is 5.69 Å². The monoisotopic (exact) mass is 361 g/mol. The van der Waals surface area contributed by atoms with E-state index in [4.69, 9.17) is 11.6 Å². The fraction of sp³-hybridized carbons (Fsp3) is 0.125. The van der Waals surface area contributed by atoms with Crippen LogP contribution in [0.25, 0.3) is 5.69 Å². The van der Waals surface area contributed by atoms with Crippen LogP contribution in [0.4, 0.5) is 15.9 Å². The van der Waals surface area contributed by atoms with E-state index in [0.29, 0.717) is 29.2 Å². The molecule has 0 fully saturated rings. The van der Waals surface area contributed by atoms with E-state index >= 15 is 0 Å². The van der Waals surface area contributed by atoms with Gasteiger partial charge in [0.1, 0.15) is 24.6 Å². The van der Waals surface area contributed by atoms with E-state index in [2.05, 4.69) is 25.0 Å². The summed E-state index contributed by atoms with van der Waals surface area (Å²) in [4.78, 5) is 22.2. The standard InChI is InChI=1S/C16H13ClFN5O2/c17-13(7-25-10-24)12-6-20-8-21-16(12)22-11-1-2-15(14(18)5-11)23-4-3-19-9-23/h1-6,8-10,13H,7H2,(H,20,21,22). The minimum absolute atomic E-state index is 0.0267. The zero-order valence-corrected chi connectivity index (χ0v) is 13.6. The van der Waals surface area contributed by atoms with Crippen molar-refractivity contribution in [1.29, 1.82) is 0 Å².